The van der Waals surface area contributed by atoms with Crippen LogP contribution in [0.3, 0.4) is 0 Å². The molecule has 0 aliphatic heterocycles. The van der Waals surface area contributed by atoms with Gasteiger partial charge in [-0.3, -0.25) is 0 Å². The third-order valence-corrected chi connectivity index (χ3v) is 9.59. The van der Waals surface area contributed by atoms with Gasteiger partial charge in [0.2, 0.25) is 0 Å². The number of thioether (sulfide) groups is 3. The van der Waals surface area contributed by atoms with Crippen molar-refractivity contribution >= 4 is 42.6 Å². The van der Waals surface area contributed by atoms with E-state index in [1.807, 2.05) is 0 Å². The Bertz CT molecular complexity index is 315. The highest BCUT2D eigenvalue weighted by Crippen LogP contribution is 2.17. The summed E-state index contributed by atoms with van der Waals surface area (Å²) in [5.41, 5.74) is 0. The smallest absolute Gasteiger partial charge is 0.386 e. The molecule has 3 unspecified atom stereocenters. The zero-order valence-corrected chi connectivity index (χ0v) is 23.8. The molecule has 0 rings (SSSR count). The Morgan fingerprint density at radius 1 is 0.516 bits per heavy atom. The van der Waals surface area contributed by atoms with Gasteiger partial charge in [-0.15, -0.1) is 0 Å². The molecule has 0 saturated carbocycles. The van der Waals surface area contributed by atoms with Crippen molar-refractivity contribution in [2.45, 2.75) is 115 Å². The molecule has 0 fully saturated rings. The summed E-state index contributed by atoms with van der Waals surface area (Å²) in [5, 5.41) is 2.28. The van der Waals surface area contributed by atoms with Crippen molar-refractivity contribution in [2.24, 2.45) is 0 Å². The number of hydrogen-bond acceptors (Lipinski definition) is 6. The van der Waals surface area contributed by atoms with Crippen molar-refractivity contribution in [2.75, 3.05) is 37.1 Å². The van der Waals surface area contributed by atoms with E-state index in [1.165, 1.54) is 55.8 Å². The van der Waals surface area contributed by atoms with E-state index >= 15 is 0 Å². The lowest BCUT2D eigenvalue weighted by molar-refractivity contribution is 0.0900. The minimum absolute atomic E-state index is 0.494. The maximum absolute atomic E-state index is 5.94. The second-order valence-electron chi connectivity index (χ2n) is 8.29. The SMILES string of the molecule is CCC(C)SCCCCOB(OCCCCSC(C)CC)OCCCCSC(C)CC. The highest BCUT2D eigenvalue weighted by Gasteiger charge is 2.20. The Hall–Kier alpha value is 0.995. The molecular weight excluding hydrogens is 443 g/mol. The van der Waals surface area contributed by atoms with Crippen LogP contribution >= 0.6 is 35.3 Å². The zero-order chi connectivity index (χ0) is 23.2. The lowest BCUT2D eigenvalue weighted by Crippen LogP contribution is -2.29. The number of hydrogen-bond donors (Lipinski definition) is 0. The lowest BCUT2D eigenvalue weighted by Gasteiger charge is -2.15. The largest absolute Gasteiger partial charge is 0.639 e. The third kappa shape index (κ3) is 22.5. The van der Waals surface area contributed by atoms with Crippen LogP contribution in [0.2, 0.25) is 0 Å². The minimum atomic E-state index is -0.494. The molecule has 0 aliphatic carbocycles. The van der Waals surface area contributed by atoms with Crippen LogP contribution in [-0.2, 0) is 14.0 Å². The van der Waals surface area contributed by atoms with Crippen LogP contribution in [0.25, 0.3) is 0 Å². The highest BCUT2D eigenvalue weighted by atomic mass is 32.2. The summed E-state index contributed by atoms with van der Waals surface area (Å²) in [6.45, 7) is 15.9. The molecule has 0 radical (unpaired) electrons. The predicted octanol–water partition coefficient (Wildman–Crippen LogP) is 7.96. The summed E-state index contributed by atoms with van der Waals surface area (Å²) in [6.07, 6.45) is 10.5. The van der Waals surface area contributed by atoms with Gasteiger partial charge < -0.3 is 14.0 Å². The van der Waals surface area contributed by atoms with Crippen molar-refractivity contribution < 1.29 is 14.0 Å². The Labute approximate surface area is 208 Å². The van der Waals surface area contributed by atoms with Gasteiger partial charge in [0, 0.05) is 35.6 Å². The number of rotatable bonds is 24. The Kier molecular flexibility index (Phi) is 24.9. The predicted molar refractivity (Wildman–Crippen MR) is 148 cm³/mol. The molecule has 0 aromatic rings. The Balaban J connectivity index is 3.97. The lowest BCUT2D eigenvalue weighted by atomic mass is 10.2. The van der Waals surface area contributed by atoms with Gasteiger partial charge in [-0.05, 0) is 75.0 Å². The molecule has 0 aromatic carbocycles. The van der Waals surface area contributed by atoms with E-state index in [1.54, 1.807) is 0 Å². The van der Waals surface area contributed by atoms with E-state index in [0.29, 0.717) is 0 Å². The first kappa shape index (κ1) is 32.0. The highest BCUT2D eigenvalue weighted by molar-refractivity contribution is 8.00. The van der Waals surface area contributed by atoms with Gasteiger partial charge in [-0.2, -0.15) is 35.3 Å². The first-order valence-electron chi connectivity index (χ1n) is 12.7. The molecule has 0 bridgehead atoms. The van der Waals surface area contributed by atoms with Gasteiger partial charge in [0.15, 0.2) is 0 Å². The van der Waals surface area contributed by atoms with E-state index in [-0.39, 0.29) is 0 Å². The maximum atomic E-state index is 5.94. The van der Waals surface area contributed by atoms with E-state index in [4.69, 9.17) is 14.0 Å². The van der Waals surface area contributed by atoms with Crippen LogP contribution < -0.4 is 0 Å². The third-order valence-electron chi connectivity index (χ3n) is 5.31. The molecule has 186 valence electrons. The Morgan fingerprint density at radius 2 is 0.806 bits per heavy atom. The van der Waals surface area contributed by atoms with Crippen molar-refractivity contribution in [3.8, 4) is 0 Å². The van der Waals surface area contributed by atoms with Crippen molar-refractivity contribution in [1.29, 1.82) is 0 Å². The zero-order valence-electron chi connectivity index (χ0n) is 21.4. The van der Waals surface area contributed by atoms with Crippen LogP contribution in [0.5, 0.6) is 0 Å². The monoisotopic (exact) mass is 494 g/mol. The molecule has 0 heterocycles. The van der Waals surface area contributed by atoms with Crippen molar-refractivity contribution in [3.05, 3.63) is 0 Å². The van der Waals surface area contributed by atoms with Gasteiger partial charge in [0.1, 0.15) is 0 Å². The van der Waals surface area contributed by atoms with E-state index < -0.39 is 7.32 Å². The standard InChI is InChI=1S/C24H51BO3S3/c1-7-22(4)29-19-13-10-16-26-25(27-17-11-14-20-30-23(5)8-2)28-18-12-15-21-31-24(6)9-3/h22-24H,7-21H2,1-6H3. The van der Waals surface area contributed by atoms with Gasteiger partial charge in [-0.1, -0.05) is 41.5 Å². The van der Waals surface area contributed by atoms with Crippen LogP contribution in [0.4, 0.5) is 0 Å². The van der Waals surface area contributed by atoms with Gasteiger partial charge >= 0.3 is 7.32 Å². The van der Waals surface area contributed by atoms with E-state index in [0.717, 1.165) is 54.8 Å². The van der Waals surface area contributed by atoms with Crippen LogP contribution in [0.15, 0.2) is 0 Å². The first-order valence-corrected chi connectivity index (χ1v) is 15.9. The summed E-state index contributed by atoms with van der Waals surface area (Å²) in [6, 6.07) is 0. The summed E-state index contributed by atoms with van der Waals surface area (Å²) in [7, 11) is -0.494. The molecule has 3 nitrogen and oxygen atoms in total. The van der Waals surface area contributed by atoms with Crippen molar-refractivity contribution in [3.63, 3.8) is 0 Å². The topological polar surface area (TPSA) is 27.7 Å². The van der Waals surface area contributed by atoms with Gasteiger partial charge in [0.25, 0.3) is 0 Å². The molecule has 0 saturated heterocycles. The second-order valence-corrected chi connectivity index (χ2v) is 12.9. The fourth-order valence-electron chi connectivity index (χ4n) is 2.50. The molecule has 0 aromatic heterocycles. The normalized spacial score (nSPS) is 14.5. The van der Waals surface area contributed by atoms with Crippen molar-refractivity contribution in [1.82, 2.24) is 0 Å². The molecule has 31 heavy (non-hydrogen) atoms. The average molecular weight is 495 g/mol. The molecule has 7 heteroatoms. The van der Waals surface area contributed by atoms with Crippen LogP contribution in [-0.4, -0.2) is 60.2 Å². The maximum Gasteiger partial charge on any atom is 0.639 e. The van der Waals surface area contributed by atoms with E-state index in [2.05, 4.69) is 76.8 Å². The summed E-state index contributed by atoms with van der Waals surface area (Å²) < 4.78 is 17.8. The molecule has 0 amide bonds. The van der Waals surface area contributed by atoms with Gasteiger partial charge in [0.05, 0.1) is 0 Å². The first-order chi connectivity index (χ1) is 15.0. The summed E-state index contributed by atoms with van der Waals surface area (Å²) >= 11 is 6.19. The van der Waals surface area contributed by atoms with Crippen LogP contribution in [0, 0.1) is 0 Å². The quantitative estimate of drug-likeness (QED) is 0.0998. The average Bonchev–Trinajstić information content (AvgIpc) is 2.78. The molecule has 3 atom stereocenters. The number of unbranched alkanes of at least 4 members (excludes halogenated alkanes) is 3. The molecule has 0 spiro atoms. The minimum Gasteiger partial charge on any atom is -0.386 e. The molecule has 0 aliphatic rings. The Morgan fingerprint density at radius 3 is 1.06 bits per heavy atom. The fraction of sp³-hybridized carbons (Fsp3) is 1.00. The molecule has 0 N–H and O–H groups in total. The second kappa shape index (κ2) is 24.1. The van der Waals surface area contributed by atoms with E-state index in [9.17, 15) is 0 Å². The fourth-order valence-corrected chi connectivity index (χ4v) is 5.53. The molecular formula is C24H51BO3S3. The summed E-state index contributed by atoms with van der Waals surface area (Å²) in [5.74, 6) is 3.64. The van der Waals surface area contributed by atoms with Crippen LogP contribution in [0.1, 0.15) is 99.3 Å². The summed E-state index contributed by atoms with van der Waals surface area (Å²) in [4.78, 5) is 0. The van der Waals surface area contributed by atoms with Gasteiger partial charge in [-0.25, -0.2) is 0 Å².